The molecule has 0 aliphatic carbocycles. The Kier molecular flexibility index (Phi) is 6.71. The van der Waals surface area contributed by atoms with E-state index >= 15 is 0 Å². The molecule has 0 radical (unpaired) electrons. The summed E-state index contributed by atoms with van der Waals surface area (Å²) in [5.74, 6) is -0.883. The average molecular weight is 424 g/mol. The Bertz CT molecular complexity index is 913. The van der Waals surface area contributed by atoms with E-state index in [0.29, 0.717) is 18.4 Å². The maximum atomic E-state index is 13.2. The summed E-state index contributed by atoms with van der Waals surface area (Å²) in [6, 6.07) is 5.90. The fourth-order valence-corrected chi connectivity index (χ4v) is 2.93. The first-order valence-electron chi connectivity index (χ1n) is 9.23. The van der Waals surface area contributed by atoms with Crippen LogP contribution in [-0.2, 0) is 15.7 Å². The van der Waals surface area contributed by atoms with Gasteiger partial charge in [-0.2, -0.15) is 13.2 Å². The monoisotopic (exact) mass is 424 g/mol. The van der Waals surface area contributed by atoms with Crippen LogP contribution < -0.4 is 4.74 Å². The third-order valence-corrected chi connectivity index (χ3v) is 4.50. The number of alkyl halides is 3. The van der Waals surface area contributed by atoms with Gasteiger partial charge in [0.05, 0.1) is 24.9 Å². The van der Waals surface area contributed by atoms with E-state index in [1.54, 1.807) is 12.3 Å². The summed E-state index contributed by atoms with van der Waals surface area (Å²) >= 11 is 0. The first-order chi connectivity index (χ1) is 14.2. The van der Waals surface area contributed by atoms with Gasteiger partial charge in [0.2, 0.25) is 5.91 Å². The second-order valence-electron chi connectivity index (χ2n) is 6.79. The van der Waals surface area contributed by atoms with Gasteiger partial charge in [-0.05, 0) is 42.8 Å². The average Bonchev–Trinajstić information content (AvgIpc) is 2.72. The number of ether oxygens (including phenoxy) is 2. The van der Waals surface area contributed by atoms with Gasteiger partial charge in [-0.15, -0.1) is 0 Å². The maximum absolute atomic E-state index is 13.2. The van der Waals surface area contributed by atoms with Gasteiger partial charge in [0.25, 0.3) is 0 Å². The van der Waals surface area contributed by atoms with E-state index in [1.807, 2.05) is 13.0 Å². The highest BCUT2D eigenvalue weighted by atomic mass is 19.4. The molecule has 1 saturated heterocycles. The summed E-state index contributed by atoms with van der Waals surface area (Å²) in [6.07, 6.45) is -1.42. The lowest BCUT2D eigenvalue weighted by Crippen LogP contribution is -2.47. The van der Waals surface area contributed by atoms with Crippen molar-refractivity contribution in [2.45, 2.75) is 19.2 Å². The normalized spacial score (nSPS) is 17.4. The second-order valence-corrected chi connectivity index (χ2v) is 6.79. The number of amides is 1. The summed E-state index contributed by atoms with van der Waals surface area (Å²) in [5, 5.41) is 0. The first kappa shape index (κ1) is 21.8. The first-order valence-corrected chi connectivity index (χ1v) is 9.23. The summed E-state index contributed by atoms with van der Waals surface area (Å²) < 4.78 is 63.6. The Morgan fingerprint density at radius 1 is 1.33 bits per heavy atom. The van der Waals surface area contributed by atoms with Gasteiger partial charge < -0.3 is 14.4 Å². The van der Waals surface area contributed by atoms with Crippen LogP contribution in [0, 0.1) is 12.7 Å². The highest BCUT2D eigenvalue weighted by Crippen LogP contribution is 2.33. The zero-order valence-corrected chi connectivity index (χ0v) is 16.2. The smallest absolute Gasteiger partial charge is 0.417 e. The van der Waals surface area contributed by atoms with Crippen LogP contribution in [-0.4, -0.2) is 48.2 Å². The van der Waals surface area contributed by atoms with Crippen LogP contribution in [0.3, 0.4) is 0 Å². The molecule has 1 aliphatic rings. The zero-order valence-electron chi connectivity index (χ0n) is 16.2. The topological polar surface area (TPSA) is 51.7 Å². The SMILES string of the molecule is Cc1ccc(OCC2CN(C(=O)/C=C/c3ccc(F)cc3C(F)(F)F)CCO2)cn1. The highest BCUT2D eigenvalue weighted by Gasteiger charge is 2.33. The minimum Gasteiger partial charge on any atom is -0.489 e. The number of aryl methyl sites for hydroxylation is 1. The van der Waals surface area contributed by atoms with Crippen LogP contribution in [0.2, 0.25) is 0 Å². The van der Waals surface area contributed by atoms with Crippen molar-refractivity contribution in [3.8, 4) is 5.75 Å². The molecule has 1 atom stereocenters. The fraction of sp³-hybridized carbons (Fsp3) is 0.333. The third kappa shape index (κ3) is 5.79. The quantitative estimate of drug-likeness (QED) is 0.540. The van der Waals surface area contributed by atoms with Crippen LogP contribution in [0.4, 0.5) is 17.6 Å². The molecule has 0 N–H and O–H groups in total. The number of carbonyl (C=O) groups is 1. The number of aromatic nitrogens is 1. The number of pyridine rings is 1. The molecule has 1 unspecified atom stereocenters. The molecule has 5 nitrogen and oxygen atoms in total. The van der Waals surface area contributed by atoms with Crippen molar-refractivity contribution >= 4 is 12.0 Å². The second kappa shape index (κ2) is 9.25. The molecule has 2 heterocycles. The van der Waals surface area contributed by atoms with Crippen LogP contribution in [0.15, 0.2) is 42.6 Å². The largest absolute Gasteiger partial charge is 0.489 e. The minimum atomic E-state index is -4.73. The number of rotatable bonds is 5. The molecule has 1 aliphatic heterocycles. The van der Waals surface area contributed by atoms with Crippen molar-refractivity contribution in [2.24, 2.45) is 0 Å². The standard InChI is InChI=1S/C21H20F4N2O3/c1-14-2-6-17(11-26-14)30-13-18-12-27(8-9-29-18)20(28)7-4-15-3-5-16(22)10-19(15)21(23,24)25/h2-7,10-11,18H,8-9,12-13H2,1H3/b7-4+. The van der Waals surface area contributed by atoms with E-state index in [4.69, 9.17) is 9.47 Å². The van der Waals surface area contributed by atoms with E-state index < -0.39 is 23.5 Å². The Balaban J connectivity index is 1.61. The molecular weight excluding hydrogens is 404 g/mol. The van der Waals surface area contributed by atoms with E-state index in [9.17, 15) is 22.4 Å². The van der Waals surface area contributed by atoms with Gasteiger partial charge >= 0.3 is 6.18 Å². The van der Waals surface area contributed by atoms with E-state index in [2.05, 4.69) is 4.98 Å². The molecule has 1 aromatic carbocycles. The fourth-order valence-electron chi connectivity index (χ4n) is 2.93. The van der Waals surface area contributed by atoms with Crippen molar-refractivity contribution in [1.82, 2.24) is 9.88 Å². The Hall–Kier alpha value is -2.94. The van der Waals surface area contributed by atoms with Crippen molar-refractivity contribution in [2.75, 3.05) is 26.3 Å². The van der Waals surface area contributed by atoms with Gasteiger partial charge in [-0.1, -0.05) is 6.07 Å². The van der Waals surface area contributed by atoms with Crippen molar-refractivity contribution in [3.63, 3.8) is 0 Å². The number of hydrogen-bond acceptors (Lipinski definition) is 4. The molecule has 2 aromatic rings. The molecule has 1 fully saturated rings. The molecule has 160 valence electrons. The van der Waals surface area contributed by atoms with Crippen molar-refractivity contribution in [1.29, 1.82) is 0 Å². The lowest BCUT2D eigenvalue weighted by Gasteiger charge is -2.32. The molecule has 0 saturated carbocycles. The number of halogens is 4. The molecule has 0 spiro atoms. The summed E-state index contributed by atoms with van der Waals surface area (Å²) in [6.45, 7) is 2.88. The molecule has 3 rings (SSSR count). The van der Waals surface area contributed by atoms with Gasteiger partial charge in [0.15, 0.2) is 0 Å². The Labute approximate surface area is 170 Å². The Morgan fingerprint density at radius 2 is 2.13 bits per heavy atom. The van der Waals surface area contributed by atoms with Gasteiger partial charge in [0, 0.05) is 18.3 Å². The van der Waals surface area contributed by atoms with Crippen LogP contribution in [0.1, 0.15) is 16.8 Å². The van der Waals surface area contributed by atoms with Crippen LogP contribution in [0.25, 0.3) is 6.08 Å². The molecule has 1 amide bonds. The molecule has 30 heavy (non-hydrogen) atoms. The van der Waals surface area contributed by atoms with Crippen molar-refractivity contribution < 1.29 is 31.8 Å². The van der Waals surface area contributed by atoms with Gasteiger partial charge in [0.1, 0.15) is 24.3 Å². The number of morpholine rings is 1. The molecular formula is C21H20F4N2O3. The zero-order chi connectivity index (χ0) is 21.7. The lowest BCUT2D eigenvalue weighted by molar-refractivity contribution is -0.138. The number of nitrogens with zero attached hydrogens (tertiary/aromatic N) is 2. The highest BCUT2D eigenvalue weighted by molar-refractivity contribution is 5.92. The maximum Gasteiger partial charge on any atom is 0.417 e. The molecule has 1 aromatic heterocycles. The number of hydrogen-bond donors (Lipinski definition) is 0. The van der Waals surface area contributed by atoms with E-state index in [-0.39, 0.29) is 31.4 Å². The summed E-state index contributed by atoms with van der Waals surface area (Å²) in [4.78, 5) is 18.0. The van der Waals surface area contributed by atoms with Crippen molar-refractivity contribution in [3.05, 3.63) is 65.2 Å². The lowest BCUT2D eigenvalue weighted by atomic mass is 10.1. The van der Waals surface area contributed by atoms with E-state index in [1.165, 1.54) is 4.90 Å². The summed E-state index contributed by atoms with van der Waals surface area (Å²) in [7, 11) is 0. The molecule has 9 heteroatoms. The van der Waals surface area contributed by atoms with Gasteiger partial charge in [-0.3, -0.25) is 9.78 Å². The summed E-state index contributed by atoms with van der Waals surface area (Å²) in [5.41, 5.74) is -0.557. The Morgan fingerprint density at radius 3 is 2.83 bits per heavy atom. The third-order valence-electron chi connectivity index (χ3n) is 4.50. The number of carbonyl (C=O) groups excluding carboxylic acids is 1. The van der Waals surface area contributed by atoms with Crippen LogP contribution >= 0.6 is 0 Å². The molecule has 0 bridgehead atoms. The minimum absolute atomic E-state index is 0.203. The number of benzene rings is 1. The predicted octanol–water partition coefficient (Wildman–Crippen LogP) is 3.87. The van der Waals surface area contributed by atoms with Crippen LogP contribution in [0.5, 0.6) is 5.75 Å². The predicted molar refractivity (Wildman–Crippen MR) is 101 cm³/mol. The van der Waals surface area contributed by atoms with Gasteiger partial charge in [-0.25, -0.2) is 4.39 Å². The van der Waals surface area contributed by atoms with E-state index in [0.717, 1.165) is 30.0 Å².